The van der Waals surface area contributed by atoms with E-state index in [4.69, 9.17) is 0 Å². The molecule has 2 aliphatic rings. The van der Waals surface area contributed by atoms with E-state index in [0.717, 1.165) is 38.9 Å². The first-order chi connectivity index (χ1) is 11.6. The van der Waals surface area contributed by atoms with Crippen LogP contribution in [-0.2, 0) is 16.1 Å². The second kappa shape index (κ2) is 7.79. The highest BCUT2D eigenvalue weighted by Crippen LogP contribution is 2.24. The Labute approximate surface area is 143 Å². The van der Waals surface area contributed by atoms with Crippen LogP contribution in [0.5, 0.6) is 0 Å². The maximum Gasteiger partial charge on any atom is 0.308 e. The van der Waals surface area contributed by atoms with Crippen LogP contribution in [0, 0.1) is 11.8 Å². The first kappa shape index (κ1) is 17.0. The highest BCUT2D eigenvalue weighted by molar-refractivity contribution is 5.80. The Kier molecular flexibility index (Phi) is 5.51. The summed E-state index contributed by atoms with van der Waals surface area (Å²) in [5.74, 6) is -0.934. The Morgan fingerprint density at radius 3 is 2.38 bits per heavy atom. The summed E-state index contributed by atoms with van der Waals surface area (Å²) < 4.78 is 0. The summed E-state index contributed by atoms with van der Waals surface area (Å²) in [5.41, 5.74) is 1.31. The SMILES string of the molecule is O=C(O)C1CCCN(C(=O)C2CCN(Cc3ccccc3)CC2)C1. The van der Waals surface area contributed by atoms with E-state index in [1.165, 1.54) is 5.56 Å². The van der Waals surface area contributed by atoms with Gasteiger partial charge in [0.15, 0.2) is 0 Å². The quantitative estimate of drug-likeness (QED) is 0.919. The van der Waals surface area contributed by atoms with Crippen LogP contribution < -0.4 is 0 Å². The molecule has 0 spiro atoms. The van der Waals surface area contributed by atoms with Crippen LogP contribution in [0.25, 0.3) is 0 Å². The number of carboxylic acids is 1. The van der Waals surface area contributed by atoms with E-state index in [1.807, 2.05) is 6.07 Å². The molecule has 0 aliphatic carbocycles. The van der Waals surface area contributed by atoms with Gasteiger partial charge in [-0.05, 0) is 44.3 Å². The highest BCUT2D eigenvalue weighted by Gasteiger charge is 2.33. The van der Waals surface area contributed by atoms with Crippen LogP contribution in [0.1, 0.15) is 31.2 Å². The fourth-order valence-electron chi connectivity index (χ4n) is 3.82. The molecule has 130 valence electrons. The van der Waals surface area contributed by atoms with E-state index in [1.54, 1.807) is 4.90 Å². The molecule has 5 heteroatoms. The summed E-state index contributed by atoms with van der Waals surface area (Å²) in [4.78, 5) is 28.1. The summed E-state index contributed by atoms with van der Waals surface area (Å²) in [5, 5.41) is 9.18. The lowest BCUT2D eigenvalue weighted by molar-refractivity contribution is -0.147. The third-order valence-electron chi connectivity index (χ3n) is 5.27. The van der Waals surface area contributed by atoms with Gasteiger partial charge in [-0.2, -0.15) is 0 Å². The van der Waals surface area contributed by atoms with Gasteiger partial charge in [0.1, 0.15) is 0 Å². The molecule has 2 saturated heterocycles. The van der Waals surface area contributed by atoms with Crippen molar-refractivity contribution in [2.45, 2.75) is 32.2 Å². The minimum atomic E-state index is -0.773. The number of carboxylic acid groups (broad SMARTS) is 1. The van der Waals surface area contributed by atoms with Gasteiger partial charge in [0.05, 0.1) is 5.92 Å². The number of hydrogen-bond donors (Lipinski definition) is 1. The molecule has 0 radical (unpaired) electrons. The normalized spacial score (nSPS) is 23.2. The summed E-state index contributed by atoms with van der Waals surface area (Å²) >= 11 is 0. The standard InChI is InChI=1S/C19H26N2O3/c22-18(21-10-4-7-17(14-21)19(23)24)16-8-11-20(12-9-16)13-15-5-2-1-3-6-15/h1-3,5-6,16-17H,4,7-14H2,(H,23,24). The van der Waals surface area contributed by atoms with Crippen LogP contribution in [0.3, 0.4) is 0 Å². The number of rotatable bonds is 4. The van der Waals surface area contributed by atoms with Gasteiger partial charge in [-0.25, -0.2) is 0 Å². The lowest BCUT2D eigenvalue weighted by atomic mass is 9.92. The topological polar surface area (TPSA) is 60.9 Å². The molecule has 0 bridgehead atoms. The lowest BCUT2D eigenvalue weighted by Crippen LogP contribution is -2.47. The first-order valence-corrected chi connectivity index (χ1v) is 8.91. The average Bonchev–Trinajstić information content (AvgIpc) is 2.63. The van der Waals surface area contributed by atoms with Gasteiger partial charge in [-0.3, -0.25) is 14.5 Å². The van der Waals surface area contributed by atoms with Crippen LogP contribution in [0.15, 0.2) is 30.3 Å². The molecule has 1 amide bonds. The zero-order valence-electron chi connectivity index (χ0n) is 14.1. The molecule has 0 saturated carbocycles. The number of likely N-dealkylation sites (tertiary alicyclic amines) is 2. The monoisotopic (exact) mass is 330 g/mol. The molecule has 1 unspecified atom stereocenters. The summed E-state index contributed by atoms with van der Waals surface area (Å²) in [6.45, 7) is 3.90. The van der Waals surface area contributed by atoms with Crippen LogP contribution >= 0.6 is 0 Å². The average molecular weight is 330 g/mol. The van der Waals surface area contributed by atoms with E-state index >= 15 is 0 Å². The molecule has 1 N–H and O–H groups in total. The predicted octanol–water partition coefficient (Wildman–Crippen LogP) is 2.22. The maximum atomic E-state index is 12.7. The van der Waals surface area contributed by atoms with E-state index < -0.39 is 5.97 Å². The Bertz CT molecular complexity index is 567. The van der Waals surface area contributed by atoms with Crippen molar-refractivity contribution in [2.75, 3.05) is 26.2 Å². The van der Waals surface area contributed by atoms with Crippen molar-refractivity contribution in [2.24, 2.45) is 11.8 Å². The fourth-order valence-corrected chi connectivity index (χ4v) is 3.82. The molecule has 2 heterocycles. The molecule has 1 aromatic carbocycles. The molecule has 1 atom stereocenters. The van der Waals surface area contributed by atoms with Crippen LogP contribution in [0.2, 0.25) is 0 Å². The third-order valence-corrected chi connectivity index (χ3v) is 5.27. The number of carbonyl (C=O) groups excluding carboxylic acids is 1. The van der Waals surface area contributed by atoms with Crippen molar-refractivity contribution >= 4 is 11.9 Å². The number of aliphatic carboxylic acids is 1. The molecule has 1 aromatic rings. The second-order valence-corrected chi connectivity index (χ2v) is 7.00. The molecular formula is C19H26N2O3. The fraction of sp³-hybridized carbons (Fsp3) is 0.579. The van der Waals surface area contributed by atoms with Gasteiger partial charge >= 0.3 is 5.97 Å². The minimum absolute atomic E-state index is 0.0598. The summed E-state index contributed by atoms with van der Waals surface area (Å²) in [7, 11) is 0. The van der Waals surface area contributed by atoms with Crippen LogP contribution in [0.4, 0.5) is 0 Å². The van der Waals surface area contributed by atoms with Crippen LogP contribution in [-0.4, -0.2) is 53.0 Å². The maximum absolute atomic E-state index is 12.7. The van der Waals surface area contributed by atoms with Crippen molar-refractivity contribution < 1.29 is 14.7 Å². The smallest absolute Gasteiger partial charge is 0.308 e. The van der Waals surface area contributed by atoms with Gasteiger partial charge in [-0.1, -0.05) is 30.3 Å². The van der Waals surface area contributed by atoms with Gasteiger partial charge < -0.3 is 10.0 Å². The molecule has 0 aromatic heterocycles. The third kappa shape index (κ3) is 4.15. The van der Waals surface area contributed by atoms with Crippen molar-refractivity contribution in [3.05, 3.63) is 35.9 Å². The molecule has 5 nitrogen and oxygen atoms in total. The first-order valence-electron chi connectivity index (χ1n) is 8.91. The van der Waals surface area contributed by atoms with Crippen molar-refractivity contribution in [1.29, 1.82) is 0 Å². The summed E-state index contributed by atoms with van der Waals surface area (Å²) in [6.07, 6.45) is 3.24. The zero-order chi connectivity index (χ0) is 16.9. The predicted molar refractivity (Wildman–Crippen MR) is 91.4 cm³/mol. The second-order valence-electron chi connectivity index (χ2n) is 7.00. The lowest BCUT2D eigenvalue weighted by Gasteiger charge is -2.37. The number of nitrogens with zero attached hydrogens (tertiary/aromatic N) is 2. The van der Waals surface area contributed by atoms with E-state index in [0.29, 0.717) is 19.5 Å². The Morgan fingerprint density at radius 1 is 1.00 bits per heavy atom. The zero-order valence-corrected chi connectivity index (χ0v) is 14.1. The summed E-state index contributed by atoms with van der Waals surface area (Å²) in [6, 6.07) is 10.4. The molecule has 3 rings (SSSR count). The number of hydrogen-bond acceptors (Lipinski definition) is 3. The molecule has 2 aliphatic heterocycles. The highest BCUT2D eigenvalue weighted by atomic mass is 16.4. The van der Waals surface area contributed by atoms with Gasteiger partial charge in [0, 0.05) is 25.6 Å². The number of carbonyl (C=O) groups is 2. The Hall–Kier alpha value is -1.88. The van der Waals surface area contributed by atoms with Crippen molar-refractivity contribution in [1.82, 2.24) is 9.80 Å². The van der Waals surface area contributed by atoms with Gasteiger partial charge in [0.25, 0.3) is 0 Å². The number of amides is 1. The number of piperidine rings is 2. The van der Waals surface area contributed by atoms with Crippen molar-refractivity contribution in [3.8, 4) is 0 Å². The van der Waals surface area contributed by atoms with E-state index in [9.17, 15) is 14.7 Å². The molecular weight excluding hydrogens is 304 g/mol. The van der Waals surface area contributed by atoms with Gasteiger partial charge in [-0.15, -0.1) is 0 Å². The largest absolute Gasteiger partial charge is 0.481 e. The minimum Gasteiger partial charge on any atom is -0.481 e. The molecule has 24 heavy (non-hydrogen) atoms. The Morgan fingerprint density at radius 2 is 1.71 bits per heavy atom. The van der Waals surface area contributed by atoms with Crippen molar-refractivity contribution in [3.63, 3.8) is 0 Å². The Balaban J connectivity index is 1.49. The van der Waals surface area contributed by atoms with E-state index in [-0.39, 0.29) is 17.7 Å². The number of benzene rings is 1. The van der Waals surface area contributed by atoms with Gasteiger partial charge in [0.2, 0.25) is 5.91 Å². The molecule has 2 fully saturated rings. The van der Waals surface area contributed by atoms with E-state index in [2.05, 4.69) is 29.2 Å².